The van der Waals surface area contributed by atoms with E-state index in [9.17, 15) is 0 Å². The van der Waals surface area contributed by atoms with E-state index in [0.29, 0.717) is 0 Å². The zero-order valence-electron chi connectivity index (χ0n) is 20.6. The van der Waals surface area contributed by atoms with Crippen molar-refractivity contribution in [3.63, 3.8) is 0 Å². The highest BCUT2D eigenvalue weighted by molar-refractivity contribution is 5.67. The van der Waals surface area contributed by atoms with Gasteiger partial charge < -0.3 is 0 Å². The van der Waals surface area contributed by atoms with Gasteiger partial charge in [0.25, 0.3) is 0 Å². The van der Waals surface area contributed by atoms with Crippen LogP contribution < -0.4 is 0 Å². The minimum absolute atomic E-state index is 0.0638. The first kappa shape index (κ1) is 23.9. The lowest BCUT2D eigenvalue weighted by Crippen LogP contribution is -2.14. The Morgan fingerprint density at radius 2 is 1.53 bits per heavy atom. The number of benzene rings is 2. The number of hydrogen-bond donors (Lipinski definition) is 0. The molecule has 0 amide bonds. The zero-order chi connectivity index (χ0) is 22.5. The van der Waals surface area contributed by atoms with Crippen LogP contribution in [-0.2, 0) is 11.8 Å². The van der Waals surface area contributed by atoms with Gasteiger partial charge in [-0.25, -0.2) is 4.98 Å². The average Bonchev–Trinajstić information content (AvgIpc) is 3.10. The Morgan fingerprint density at radius 1 is 0.933 bits per heavy atom. The molecule has 2 aromatic carbocycles. The van der Waals surface area contributed by atoms with Gasteiger partial charge >= 0.3 is 0 Å². The highest BCUT2D eigenvalue weighted by Gasteiger charge is 2.23. The van der Waals surface area contributed by atoms with Crippen molar-refractivity contribution in [2.24, 2.45) is 0 Å². The minimum Gasteiger partial charge on any atom is -0.296 e. The van der Waals surface area contributed by atoms with Crippen molar-refractivity contribution in [2.75, 3.05) is 0 Å². The Balaban J connectivity index is 0.00000155. The van der Waals surface area contributed by atoms with Gasteiger partial charge in [0.05, 0.1) is 5.69 Å². The molecule has 3 aromatic rings. The summed E-state index contributed by atoms with van der Waals surface area (Å²) in [6, 6.07) is 13.3. The molecular formula is C28H40N2. The van der Waals surface area contributed by atoms with Crippen LogP contribution in [0.4, 0.5) is 0 Å². The van der Waals surface area contributed by atoms with Crippen LogP contribution in [0, 0.1) is 20.8 Å². The number of imidazole rings is 1. The van der Waals surface area contributed by atoms with Crippen molar-refractivity contribution in [2.45, 2.75) is 87.0 Å². The third-order valence-electron chi connectivity index (χ3n) is 5.46. The zero-order valence-corrected chi connectivity index (χ0v) is 20.6. The van der Waals surface area contributed by atoms with E-state index in [1.54, 1.807) is 0 Å². The van der Waals surface area contributed by atoms with E-state index in [1.807, 2.05) is 13.8 Å². The number of rotatable bonds is 5. The Labute approximate surface area is 184 Å². The van der Waals surface area contributed by atoms with Crippen molar-refractivity contribution in [3.8, 4) is 17.1 Å². The maximum atomic E-state index is 4.96. The quantitative estimate of drug-likeness (QED) is 0.419. The van der Waals surface area contributed by atoms with Gasteiger partial charge in [0, 0.05) is 17.5 Å². The normalized spacial score (nSPS) is 11.2. The molecule has 0 atom stereocenters. The summed E-state index contributed by atoms with van der Waals surface area (Å²) in [6.45, 7) is 19.7. The maximum absolute atomic E-state index is 4.96. The lowest BCUT2D eigenvalue weighted by Gasteiger charge is -2.24. The van der Waals surface area contributed by atoms with Gasteiger partial charge in [0.15, 0.2) is 0 Å². The van der Waals surface area contributed by atoms with Crippen LogP contribution in [0.5, 0.6) is 0 Å². The van der Waals surface area contributed by atoms with E-state index in [-0.39, 0.29) is 5.41 Å². The monoisotopic (exact) mass is 404 g/mol. The maximum Gasteiger partial charge on any atom is 0.145 e. The minimum atomic E-state index is 0.0638. The van der Waals surface area contributed by atoms with Gasteiger partial charge in [-0.15, -0.1) is 0 Å². The molecule has 0 aliphatic carbocycles. The van der Waals surface area contributed by atoms with E-state index in [0.717, 1.165) is 12.2 Å². The molecule has 3 rings (SSSR count). The van der Waals surface area contributed by atoms with Crippen molar-refractivity contribution >= 4 is 0 Å². The molecule has 0 saturated carbocycles. The number of nitrogens with zero attached hydrogens (tertiary/aromatic N) is 2. The topological polar surface area (TPSA) is 17.8 Å². The second-order valence-corrected chi connectivity index (χ2v) is 9.06. The van der Waals surface area contributed by atoms with E-state index in [4.69, 9.17) is 4.98 Å². The summed E-state index contributed by atoms with van der Waals surface area (Å²) in [7, 11) is 0. The smallest absolute Gasteiger partial charge is 0.145 e. The standard InChI is InChI=1S/C26H34N2.C2H6/c1-8-9-12-21-17-27-25(22-13-10-11-14-23(22)26(5,6)7)28(21)24-19(3)15-18(2)16-20(24)4;1-2/h10-11,13-17H,8-9,12H2,1-7H3;1-2H3. The lowest BCUT2D eigenvalue weighted by atomic mass is 9.83. The Kier molecular flexibility index (Phi) is 8.06. The molecule has 2 heteroatoms. The number of hydrogen-bond acceptors (Lipinski definition) is 1. The van der Waals surface area contributed by atoms with Gasteiger partial charge in [-0.1, -0.05) is 89.9 Å². The molecule has 1 aromatic heterocycles. The fraction of sp³-hybridized carbons (Fsp3) is 0.464. The van der Waals surface area contributed by atoms with E-state index >= 15 is 0 Å². The molecule has 0 saturated heterocycles. The van der Waals surface area contributed by atoms with Crippen molar-refractivity contribution in [3.05, 3.63) is 70.5 Å². The van der Waals surface area contributed by atoms with E-state index in [1.165, 1.54) is 52.0 Å². The first-order valence-electron chi connectivity index (χ1n) is 11.5. The van der Waals surface area contributed by atoms with Crippen molar-refractivity contribution in [1.82, 2.24) is 9.55 Å². The molecule has 0 aliphatic rings. The molecule has 2 nitrogen and oxygen atoms in total. The van der Waals surface area contributed by atoms with Crippen molar-refractivity contribution in [1.29, 1.82) is 0 Å². The number of aromatic nitrogens is 2. The van der Waals surface area contributed by atoms with Gasteiger partial charge in [-0.3, -0.25) is 4.57 Å². The van der Waals surface area contributed by atoms with Crippen LogP contribution >= 0.6 is 0 Å². The lowest BCUT2D eigenvalue weighted by molar-refractivity contribution is 0.591. The van der Waals surface area contributed by atoms with E-state index < -0.39 is 0 Å². The van der Waals surface area contributed by atoms with Gasteiger partial charge in [-0.05, 0) is 55.7 Å². The van der Waals surface area contributed by atoms with Crippen LogP contribution in [0.3, 0.4) is 0 Å². The Hall–Kier alpha value is -2.35. The van der Waals surface area contributed by atoms with Crippen LogP contribution in [-0.4, -0.2) is 9.55 Å². The van der Waals surface area contributed by atoms with E-state index in [2.05, 4.69) is 95.6 Å². The molecule has 0 unspecified atom stereocenters. The third-order valence-corrected chi connectivity index (χ3v) is 5.46. The largest absolute Gasteiger partial charge is 0.296 e. The summed E-state index contributed by atoms with van der Waals surface area (Å²) in [5.41, 5.74) is 9.15. The SMILES string of the molecule is CC.CCCCc1cnc(-c2ccccc2C(C)(C)C)n1-c1c(C)cc(C)cc1C. The van der Waals surface area contributed by atoms with Gasteiger partial charge in [0.1, 0.15) is 5.82 Å². The second kappa shape index (κ2) is 10.1. The molecule has 0 N–H and O–H groups in total. The summed E-state index contributed by atoms with van der Waals surface area (Å²) < 4.78 is 2.42. The predicted molar refractivity (Wildman–Crippen MR) is 132 cm³/mol. The highest BCUT2D eigenvalue weighted by Crippen LogP contribution is 2.35. The molecule has 162 valence electrons. The van der Waals surface area contributed by atoms with Crippen LogP contribution in [0.15, 0.2) is 42.6 Å². The fourth-order valence-corrected chi connectivity index (χ4v) is 4.22. The fourth-order valence-electron chi connectivity index (χ4n) is 4.22. The predicted octanol–water partition coefficient (Wildman–Crippen LogP) is 8.13. The molecule has 30 heavy (non-hydrogen) atoms. The Morgan fingerprint density at radius 3 is 2.10 bits per heavy atom. The third kappa shape index (κ3) is 5.03. The van der Waals surface area contributed by atoms with Crippen molar-refractivity contribution < 1.29 is 0 Å². The van der Waals surface area contributed by atoms with Crippen LogP contribution in [0.1, 0.15) is 82.3 Å². The van der Waals surface area contributed by atoms with Crippen LogP contribution in [0.25, 0.3) is 17.1 Å². The molecule has 0 radical (unpaired) electrons. The first-order valence-corrected chi connectivity index (χ1v) is 11.5. The van der Waals surface area contributed by atoms with Crippen LogP contribution in [0.2, 0.25) is 0 Å². The second-order valence-electron chi connectivity index (χ2n) is 9.06. The molecule has 0 bridgehead atoms. The summed E-state index contributed by atoms with van der Waals surface area (Å²) in [6.07, 6.45) is 5.50. The molecular weight excluding hydrogens is 364 g/mol. The van der Waals surface area contributed by atoms with Gasteiger partial charge in [-0.2, -0.15) is 0 Å². The molecule has 0 aliphatic heterocycles. The summed E-state index contributed by atoms with van der Waals surface area (Å²) in [4.78, 5) is 4.96. The number of unbranched alkanes of at least 4 members (excludes halogenated alkanes) is 1. The Bertz CT molecular complexity index is 948. The summed E-state index contributed by atoms with van der Waals surface area (Å²) in [5, 5.41) is 0. The summed E-state index contributed by atoms with van der Waals surface area (Å²) >= 11 is 0. The first-order chi connectivity index (χ1) is 14.2. The van der Waals surface area contributed by atoms with Gasteiger partial charge in [0.2, 0.25) is 0 Å². The molecule has 0 spiro atoms. The highest BCUT2D eigenvalue weighted by atomic mass is 15.1. The number of aryl methyl sites for hydroxylation is 4. The molecule has 0 fully saturated rings. The molecule has 1 heterocycles. The average molecular weight is 405 g/mol. The summed E-state index contributed by atoms with van der Waals surface area (Å²) in [5.74, 6) is 1.06.